The molecule has 0 saturated carbocycles. The van der Waals surface area contributed by atoms with Crippen molar-refractivity contribution in [3.63, 3.8) is 0 Å². The van der Waals surface area contributed by atoms with Crippen molar-refractivity contribution >= 4 is 5.96 Å². The highest BCUT2D eigenvalue weighted by Gasteiger charge is 2.13. The fourth-order valence-electron chi connectivity index (χ4n) is 3.41. The average molecular weight is 383 g/mol. The smallest absolute Gasteiger partial charge is 0.193 e. The number of hydrogen-bond donors (Lipinski definition) is 1. The van der Waals surface area contributed by atoms with Crippen LogP contribution in [0.15, 0.2) is 41.4 Å². The van der Waals surface area contributed by atoms with Crippen molar-refractivity contribution in [3.8, 4) is 17.2 Å². The molecule has 28 heavy (non-hydrogen) atoms. The number of hydrogen-bond acceptors (Lipinski definition) is 4. The van der Waals surface area contributed by atoms with E-state index in [4.69, 9.17) is 14.2 Å². The van der Waals surface area contributed by atoms with Gasteiger partial charge in [0.2, 0.25) is 0 Å². The fraction of sp³-hybridized carbons (Fsp3) is 0.409. The van der Waals surface area contributed by atoms with Gasteiger partial charge < -0.3 is 24.4 Å². The van der Waals surface area contributed by atoms with Crippen LogP contribution in [0.3, 0.4) is 0 Å². The fourth-order valence-corrected chi connectivity index (χ4v) is 3.41. The molecule has 0 atom stereocenters. The minimum absolute atomic E-state index is 0.684. The van der Waals surface area contributed by atoms with Gasteiger partial charge in [-0.1, -0.05) is 12.1 Å². The van der Waals surface area contributed by atoms with E-state index in [1.165, 1.54) is 11.1 Å². The van der Waals surface area contributed by atoms with Crippen LogP contribution in [0.5, 0.6) is 17.2 Å². The molecule has 150 valence electrons. The van der Waals surface area contributed by atoms with Gasteiger partial charge >= 0.3 is 0 Å². The number of guanidine groups is 1. The third-order valence-corrected chi connectivity index (χ3v) is 4.93. The monoisotopic (exact) mass is 383 g/mol. The third-order valence-electron chi connectivity index (χ3n) is 4.93. The molecule has 0 spiro atoms. The Morgan fingerprint density at radius 1 is 1.18 bits per heavy atom. The van der Waals surface area contributed by atoms with E-state index in [9.17, 15) is 0 Å². The van der Waals surface area contributed by atoms with E-state index in [1.807, 2.05) is 25.2 Å². The lowest BCUT2D eigenvalue weighted by Gasteiger charge is -2.23. The summed E-state index contributed by atoms with van der Waals surface area (Å²) in [5.74, 6) is 3.47. The molecule has 0 aliphatic carbocycles. The Morgan fingerprint density at radius 3 is 2.79 bits per heavy atom. The Balaban J connectivity index is 1.56. The van der Waals surface area contributed by atoms with Crippen LogP contribution >= 0.6 is 0 Å². The van der Waals surface area contributed by atoms with Crippen molar-refractivity contribution in [3.05, 3.63) is 53.1 Å². The molecule has 3 rings (SSSR count). The first-order chi connectivity index (χ1) is 13.6. The molecule has 0 aromatic heterocycles. The van der Waals surface area contributed by atoms with Crippen LogP contribution in [0.4, 0.5) is 0 Å². The molecular weight excluding hydrogens is 354 g/mol. The first-order valence-corrected chi connectivity index (χ1v) is 9.52. The molecule has 0 fully saturated rings. The molecule has 6 heteroatoms. The molecular formula is C22H29N3O3. The maximum absolute atomic E-state index is 5.58. The molecule has 1 aliphatic rings. The molecule has 2 aromatic carbocycles. The van der Waals surface area contributed by atoms with Crippen LogP contribution < -0.4 is 19.5 Å². The van der Waals surface area contributed by atoms with Crippen molar-refractivity contribution in [1.29, 1.82) is 0 Å². The van der Waals surface area contributed by atoms with Crippen LogP contribution in [0, 0.1) is 0 Å². The number of methoxy groups -OCH3 is 2. The summed E-state index contributed by atoms with van der Waals surface area (Å²) in [6.45, 7) is 2.29. The number of nitrogens with one attached hydrogen (secondary N) is 1. The SMILES string of the molecule is CN=C(NCCc1ccc2c(c1)CCO2)N(C)Cc1ccc(OC)cc1OC. The summed E-state index contributed by atoms with van der Waals surface area (Å²) < 4.78 is 16.3. The van der Waals surface area contributed by atoms with E-state index in [2.05, 4.69) is 33.4 Å². The maximum Gasteiger partial charge on any atom is 0.193 e. The average Bonchev–Trinajstić information content (AvgIpc) is 3.19. The van der Waals surface area contributed by atoms with E-state index in [0.717, 1.165) is 54.8 Å². The molecule has 2 aromatic rings. The molecule has 0 bridgehead atoms. The van der Waals surface area contributed by atoms with E-state index in [1.54, 1.807) is 21.3 Å². The number of nitrogens with zero attached hydrogens (tertiary/aromatic N) is 2. The lowest BCUT2D eigenvalue weighted by Crippen LogP contribution is -2.39. The molecule has 0 saturated heterocycles. The van der Waals surface area contributed by atoms with E-state index in [-0.39, 0.29) is 0 Å². The van der Waals surface area contributed by atoms with Gasteiger partial charge in [-0.05, 0) is 35.7 Å². The van der Waals surface area contributed by atoms with Crippen molar-refractivity contribution in [2.24, 2.45) is 4.99 Å². The molecule has 1 aliphatic heterocycles. The second-order valence-corrected chi connectivity index (χ2v) is 6.80. The molecule has 1 heterocycles. The number of rotatable bonds is 7. The quantitative estimate of drug-likeness (QED) is 0.589. The van der Waals surface area contributed by atoms with Gasteiger partial charge in [0.15, 0.2) is 5.96 Å². The second kappa shape index (κ2) is 9.35. The van der Waals surface area contributed by atoms with Crippen LogP contribution in [0.1, 0.15) is 16.7 Å². The van der Waals surface area contributed by atoms with E-state index >= 15 is 0 Å². The van der Waals surface area contributed by atoms with Gasteiger partial charge in [-0.2, -0.15) is 0 Å². The minimum Gasteiger partial charge on any atom is -0.497 e. The van der Waals surface area contributed by atoms with Crippen LogP contribution in [0.2, 0.25) is 0 Å². The van der Waals surface area contributed by atoms with Gasteiger partial charge in [0.25, 0.3) is 0 Å². The first-order valence-electron chi connectivity index (χ1n) is 9.52. The Kier molecular flexibility index (Phi) is 6.63. The van der Waals surface area contributed by atoms with Crippen molar-refractivity contribution in [1.82, 2.24) is 10.2 Å². The van der Waals surface area contributed by atoms with Gasteiger partial charge in [-0.25, -0.2) is 0 Å². The summed E-state index contributed by atoms with van der Waals surface area (Å²) in [7, 11) is 7.15. The zero-order chi connectivity index (χ0) is 19.9. The van der Waals surface area contributed by atoms with E-state index in [0.29, 0.717) is 6.54 Å². The predicted molar refractivity (Wildman–Crippen MR) is 112 cm³/mol. The summed E-state index contributed by atoms with van der Waals surface area (Å²) >= 11 is 0. The zero-order valence-corrected chi connectivity index (χ0v) is 17.1. The normalized spacial score (nSPS) is 12.9. The van der Waals surface area contributed by atoms with Gasteiger partial charge in [-0.15, -0.1) is 0 Å². The van der Waals surface area contributed by atoms with Gasteiger partial charge in [-0.3, -0.25) is 4.99 Å². The first kappa shape index (κ1) is 19.9. The molecule has 0 amide bonds. The molecule has 1 N–H and O–H groups in total. The summed E-state index contributed by atoms with van der Waals surface area (Å²) in [4.78, 5) is 6.49. The van der Waals surface area contributed by atoms with Crippen LogP contribution in [-0.2, 0) is 19.4 Å². The maximum atomic E-state index is 5.58. The topological polar surface area (TPSA) is 55.3 Å². The minimum atomic E-state index is 0.684. The predicted octanol–water partition coefficient (Wildman–Crippen LogP) is 2.89. The number of benzene rings is 2. The summed E-state index contributed by atoms with van der Waals surface area (Å²) in [6.07, 6.45) is 1.94. The summed E-state index contributed by atoms with van der Waals surface area (Å²) in [6, 6.07) is 12.3. The Morgan fingerprint density at radius 2 is 2.04 bits per heavy atom. The standard InChI is InChI=1S/C22H29N3O3/c1-23-22(24-11-9-16-5-8-20-17(13-16)10-12-28-20)25(2)15-18-6-7-19(26-3)14-21(18)27-4/h5-8,13-14H,9-12,15H2,1-4H3,(H,23,24). The number of aliphatic imine (C=N–C) groups is 1. The molecule has 0 radical (unpaired) electrons. The third kappa shape index (κ3) is 4.68. The summed E-state index contributed by atoms with van der Waals surface area (Å²) in [5, 5.41) is 3.44. The number of ether oxygens (including phenoxy) is 3. The van der Waals surface area contributed by atoms with Gasteiger partial charge in [0, 0.05) is 45.2 Å². The zero-order valence-electron chi connectivity index (χ0n) is 17.1. The Hall–Kier alpha value is -2.89. The van der Waals surface area contributed by atoms with Crippen molar-refractivity contribution in [2.45, 2.75) is 19.4 Å². The number of fused-ring (bicyclic) bond motifs is 1. The highest BCUT2D eigenvalue weighted by atomic mass is 16.5. The van der Waals surface area contributed by atoms with Crippen molar-refractivity contribution < 1.29 is 14.2 Å². The van der Waals surface area contributed by atoms with Gasteiger partial charge in [0.1, 0.15) is 17.2 Å². The van der Waals surface area contributed by atoms with Crippen LogP contribution in [-0.4, -0.2) is 52.3 Å². The lowest BCUT2D eigenvalue weighted by molar-refractivity contribution is 0.357. The highest BCUT2D eigenvalue weighted by Crippen LogP contribution is 2.26. The Bertz CT molecular complexity index is 836. The van der Waals surface area contributed by atoms with Crippen LogP contribution in [0.25, 0.3) is 0 Å². The largest absolute Gasteiger partial charge is 0.497 e. The molecule has 0 unspecified atom stereocenters. The summed E-state index contributed by atoms with van der Waals surface area (Å²) in [5.41, 5.74) is 3.70. The van der Waals surface area contributed by atoms with Crippen molar-refractivity contribution in [2.75, 3.05) is 41.5 Å². The second-order valence-electron chi connectivity index (χ2n) is 6.80. The molecule has 6 nitrogen and oxygen atoms in total. The Labute approximate surface area is 167 Å². The highest BCUT2D eigenvalue weighted by molar-refractivity contribution is 5.79. The van der Waals surface area contributed by atoms with E-state index < -0.39 is 0 Å². The lowest BCUT2D eigenvalue weighted by atomic mass is 10.1. The van der Waals surface area contributed by atoms with Gasteiger partial charge in [0.05, 0.1) is 20.8 Å².